The summed E-state index contributed by atoms with van der Waals surface area (Å²) in [5.74, 6) is 1.73. The van der Waals surface area contributed by atoms with Crippen molar-refractivity contribution in [2.75, 3.05) is 40.3 Å². The summed E-state index contributed by atoms with van der Waals surface area (Å²) >= 11 is 0. The Morgan fingerprint density at radius 3 is 2.29 bits per heavy atom. The fourth-order valence-electron chi connectivity index (χ4n) is 3.75. The topological polar surface area (TPSA) is 18.5 Å². The zero-order valence-corrected chi connectivity index (χ0v) is 15.4. The fourth-order valence-corrected chi connectivity index (χ4v) is 3.75. The van der Waals surface area contributed by atoms with E-state index < -0.39 is 0 Å². The van der Waals surface area contributed by atoms with Gasteiger partial charge in [-0.3, -0.25) is 4.90 Å². The van der Waals surface area contributed by atoms with Crippen LogP contribution in [0.4, 0.5) is 0 Å². The van der Waals surface area contributed by atoms with E-state index in [1.807, 2.05) is 0 Å². The van der Waals surface area contributed by atoms with Gasteiger partial charge in [0.05, 0.1) is 0 Å². The number of hydrogen-bond acceptors (Lipinski definition) is 3. The monoisotopic (exact) mass is 297 g/mol. The van der Waals surface area contributed by atoms with Gasteiger partial charge >= 0.3 is 0 Å². The molecule has 1 saturated carbocycles. The van der Waals surface area contributed by atoms with Gasteiger partial charge in [-0.1, -0.05) is 27.7 Å². The highest BCUT2D eigenvalue weighted by atomic mass is 15.2. The lowest BCUT2D eigenvalue weighted by Crippen LogP contribution is -2.55. The SMILES string of the molecule is CCCN(CCN(C)C)C1CC(C(C)C)CCC1NCC. The number of nitrogens with one attached hydrogen (secondary N) is 1. The van der Waals surface area contributed by atoms with Crippen molar-refractivity contribution in [3.8, 4) is 0 Å². The second-order valence-corrected chi connectivity index (χ2v) is 7.39. The Kier molecular flexibility index (Phi) is 8.84. The molecule has 3 atom stereocenters. The Morgan fingerprint density at radius 2 is 1.76 bits per heavy atom. The molecule has 0 aromatic rings. The minimum Gasteiger partial charge on any atom is -0.313 e. The Balaban J connectivity index is 2.74. The molecule has 0 aromatic heterocycles. The first-order chi connectivity index (χ1) is 9.99. The van der Waals surface area contributed by atoms with Crippen molar-refractivity contribution in [1.82, 2.24) is 15.1 Å². The van der Waals surface area contributed by atoms with Crippen LogP contribution in [0.5, 0.6) is 0 Å². The van der Waals surface area contributed by atoms with Gasteiger partial charge in [-0.25, -0.2) is 0 Å². The number of nitrogens with zero attached hydrogens (tertiary/aromatic N) is 2. The quantitative estimate of drug-likeness (QED) is 0.705. The van der Waals surface area contributed by atoms with Crippen molar-refractivity contribution in [2.24, 2.45) is 11.8 Å². The van der Waals surface area contributed by atoms with Crippen LogP contribution >= 0.6 is 0 Å². The molecule has 3 nitrogen and oxygen atoms in total. The van der Waals surface area contributed by atoms with Gasteiger partial charge in [-0.2, -0.15) is 0 Å². The maximum Gasteiger partial charge on any atom is 0.0252 e. The zero-order chi connectivity index (χ0) is 15.8. The molecule has 1 N–H and O–H groups in total. The Bertz CT molecular complexity index is 265. The first kappa shape index (κ1) is 18.9. The Hall–Kier alpha value is -0.120. The Labute approximate surface area is 133 Å². The number of rotatable bonds is 9. The summed E-state index contributed by atoms with van der Waals surface area (Å²) < 4.78 is 0. The molecule has 0 aliphatic heterocycles. The van der Waals surface area contributed by atoms with Gasteiger partial charge in [-0.05, 0) is 64.7 Å². The highest BCUT2D eigenvalue weighted by Crippen LogP contribution is 2.33. The molecule has 0 heterocycles. The van der Waals surface area contributed by atoms with Crippen LogP contribution in [0.2, 0.25) is 0 Å². The maximum absolute atomic E-state index is 3.77. The van der Waals surface area contributed by atoms with Gasteiger partial charge in [0.1, 0.15) is 0 Å². The van der Waals surface area contributed by atoms with E-state index in [0.717, 1.165) is 24.4 Å². The maximum atomic E-state index is 3.77. The van der Waals surface area contributed by atoms with Gasteiger partial charge in [0.2, 0.25) is 0 Å². The minimum atomic E-state index is 0.693. The summed E-state index contributed by atoms with van der Waals surface area (Å²) in [6.45, 7) is 14.1. The minimum absolute atomic E-state index is 0.693. The van der Waals surface area contributed by atoms with Crippen molar-refractivity contribution < 1.29 is 0 Å². The van der Waals surface area contributed by atoms with Gasteiger partial charge < -0.3 is 10.2 Å². The largest absolute Gasteiger partial charge is 0.313 e. The molecule has 0 bridgehead atoms. The molecule has 0 radical (unpaired) electrons. The van der Waals surface area contributed by atoms with Crippen LogP contribution < -0.4 is 5.32 Å². The molecule has 0 aromatic carbocycles. The molecule has 0 spiro atoms. The summed E-state index contributed by atoms with van der Waals surface area (Å²) in [6.07, 6.45) is 5.39. The van der Waals surface area contributed by atoms with Crippen LogP contribution in [-0.4, -0.2) is 62.2 Å². The molecule has 1 aliphatic rings. The van der Waals surface area contributed by atoms with Gasteiger partial charge in [0, 0.05) is 25.2 Å². The van der Waals surface area contributed by atoms with Gasteiger partial charge in [-0.15, -0.1) is 0 Å². The van der Waals surface area contributed by atoms with Gasteiger partial charge in [0.15, 0.2) is 0 Å². The van der Waals surface area contributed by atoms with E-state index in [1.165, 1.54) is 45.3 Å². The summed E-state index contributed by atoms with van der Waals surface area (Å²) in [5.41, 5.74) is 0. The predicted molar refractivity (Wildman–Crippen MR) is 93.8 cm³/mol. The van der Waals surface area contributed by atoms with Crippen LogP contribution in [-0.2, 0) is 0 Å². The molecule has 3 unspecified atom stereocenters. The predicted octanol–water partition coefficient (Wildman–Crippen LogP) is 3.06. The first-order valence-electron chi connectivity index (χ1n) is 9.11. The molecule has 1 rings (SSSR count). The molecule has 0 saturated heterocycles. The molecule has 21 heavy (non-hydrogen) atoms. The third-order valence-electron chi connectivity index (χ3n) is 5.08. The van der Waals surface area contributed by atoms with Crippen molar-refractivity contribution in [3.63, 3.8) is 0 Å². The van der Waals surface area contributed by atoms with E-state index >= 15 is 0 Å². The van der Waals surface area contributed by atoms with Gasteiger partial charge in [0.25, 0.3) is 0 Å². The summed E-state index contributed by atoms with van der Waals surface area (Å²) in [7, 11) is 4.37. The normalized spacial score (nSPS) is 27.0. The van der Waals surface area contributed by atoms with Crippen molar-refractivity contribution in [2.45, 2.75) is 65.5 Å². The third-order valence-corrected chi connectivity index (χ3v) is 5.08. The lowest BCUT2D eigenvalue weighted by atomic mass is 9.76. The van der Waals surface area contributed by atoms with E-state index in [9.17, 15) is 0 Å². The standard InChI is InChI=1S/C18H39N3/c1-7-11-21(13-12-20(5)6)18-14-16(15(3)4)9-10-17(18)19-8-2/h15-19H,7-14H2,1-6H3. The first-order valence-corrected chi connectivity index (χ1v) is 9.11. The molecule has 1 aliphatic carbocycles. The number of hydrogen-bond donors (Lipinski definition) is 1. The highest BCUT2D eigenvalue weighted by molar-refractivity contribution is 4.92. The summed E-state index contributed by atoms with van der Waals surface area (Å²) in [6, 6.07) is 1.42. The summed E-state index contributed by atoms with van der Waals surface area (Å²) in [5, 5.41) is 3.77. The molecule has 1 fully saturated rings. The molecule has 0 amide bonds. The average molecular weight is 298 g/mol. The van der Waals surface area contributed by atoms with Crippen LogP contribution in [0, 0.1) is 11.8 Å². The van der Waals surface area contributed by atoms with E-state index in [2.05, 4.69) is 56.9 Å². The fraction of sp³-hybridized carbons (Fsp3) is 1.00. The Morgan fingerprint density at radius 1 is 1.05 bits per heavy atom. The molecular weight excluding hydrogens is 258 g/mol. The van der Waals surface area contributed by atoms with Crippen molar-refractivity contribution >= 4 is 0 Å². The van der Waals surface area contributed by atoms with E-state index in [1.54, 1.807) is 0 Å². The van der Waals surface area contributed by atoms with E-state index in [-0.39, 0.29) is 0 Å². The third kappa shape index (κ3) is 6.25. The number of likely N-dealkylation sites (N-methyl/N-ethyl adjacent to an activating group) is 2. The lowest BCUT2D eigenvalue weighted by Gasteiger charge is -2.44. The van der Waals surface area contributed by atoms with Crippen LogP contribution in [0.15, 0.2) is 0 Å². The van der Waals surface area contributed by atoms with E-state index in [0.29, 0.717) is 6.04 Å². The molecule has 126 valence electrons. The second-order valence-electron chi connectivity index (χ2n) is 7.39. The van der Waals surface area contributed by atoms with Crippen molar-refractivity contribution in [1.29, 1.82) is 0 Å². The second kappa shape index (κ2) is 9.81. The highest BCUT2D eigenvalue weighted by Gasteiger charge is 2.34. The van der Waals surface area contributed by atoms with Crippen LogP contribution in [0.1, 0.15) is 53.4 Å². The molecule has 3 heteroatoms. The average Bonchev–Trinajstić information content (AvgIpc) is 2.44. The smallest absolute Gasteiger partial charge is 0.0252 e. The molecular formula is C18H39N3. The lowest BCUT2D eigenvalue weighted by molar-refractivity contribution is 0.0779. The zero-order valence-electron chi connectivity index (χ0n) is 15.4. The van der Waals surface area contributed by atoms with Crippen LogP contribution in [0.3, 0.4) is 0 Å². The van der Waals surface area contributed by atoms with Crippen LogP contribution in [0.25, 0.3) is 0 Å². The van der Waals surface area contributed by atoms with Crippen molar-refractivity contribution in [3.05, 3.63) is 0 Å². The summed E-state index contributed by atoms with van der Waals surface area (Å²) in [4.78, 5) is 5.08. The van der Waals surface area contributed by atoms with E-state index in [4.69, 9.17) is 0 Å².